The van der Waals surface area contributed by atoms with Crippen molar-refractivity contribution in [2.45, 2.75) is 19.3 Å². The molecule has 49 heavy (non-hydrogen) atoms. The van der Waals surface area contributed by atoms with Crippen molar-refractivity contribution in [1.29, 1.82) is 5.26 Å². The maximum Gasteiger partial charge on any atom is 0.0991 e. The number of fused-ring (bicyclic) bond motifs is 9. The zero-order valence-corrected chi connectivity index (χ0v) is 27.3. The molecule has 0 fully saturated rings. The second-order valence-electron chi connectivity index (χ2n) is 13.7. The lowest BCUT2D eigenvalue weighted by Gasteiger charge is -2.21. The molecule has 0 saturated heterocycles. The number of aromatic nitrogens is 2. The van der Waals surface area contributed by atoms with Gasteiger partial charge in [0.1, 0.15) is 0 Å². The van der Waals surface area contributed by atoms with Gasteiger partial charge in [-0.25, -0.2) is 0 Å². The van der Waals surface area contributed by atoms with Gasteiger partial charge < -0.3 is 9.13 Å². The Hall–Kier alpha value is -6.37. The summed E-state index contributed by atoms with van der Waals surface area (Å²) in [6.07, 6.45) is 0. The maximum absolute atomic E-state index is 9.74. The van der Waals surface area contributed by atoms with Gasteiger partial charge in [0.05, 0.1) is 33.7 Å². The summed E-state index contributed by atoms with van der Waals surface area (Å²) in [6.45, 7) is 4.59. The van der Waals surface area contributed by atoms with Gasteiger partial charge in [-0.15, -0.1) is 0 Å². The third-order valence-corrected chi connectivity index (χ3v) is 10.7. The van der Waals surface area contributed by atoms with Gasteiger partial charge in [0.25, 0.3) is 0 Å². The van der Waals surface area contributed by atoms with E-state index in [-0.39, 0.29) is 5.41 Å². The standard InChI is InChI=1S/C46H31N3/c1-46(2)40-22-21-29(28-47)23-37(40)38-27-45-39(26-41(38)46)36-17-5-8-20-44(36)49(45)33-14-10-12-31(25-33)30-11-9-13-32(24-30)48-42-18-6-3-15-34(42)35-16-4-7-19-43(35)48/h3-27H,1-2H3. The van der Waals surface area contributed by atoms with Gasteiger partial charge in [0.15, 0.2) is 0 Å². The van der Waals surface area contributed by atoms with E-state index in [0.717, 1.165) is 22.5 Å². The molecule has 3 nitrogen and oxygen atoms in total. The van der Waals surface area contributed by atoms with Gasteiger partial charge >= 0.3 is 0 Å². The van der Waals surface area contributed by atoms with Crippen LogP contribution in [0.25, 0.3) is 77.2 Å². The van der Waals surface area contributed by atoms with Crippen LogP contribution in [-0.4, -0.2) is 9.13 Å². The maximum atomic E-state index is 9.74. The van der Waals surface area contributed by atoms with Crippen LogP contribution >= 0.6 is 0 Å². The molecular formula is C46H31N3. The number of hydrogen-bond donors (Lipinski definition) is 0. The Bertz CT molecular complexity index is 2820. The summed E-state index contributed by atoms with van der Waals surface area (Å²) in [6, 6.07) is 57.1. The van der Waals surface area contributed by atoms with Gasteiger partial charge in [-0.3, -0.25) is 0 Å². The van der Waals surface area contributed by atoms with E-state index in [1.807, 2.05) is 6.07 Å². The molecule has 9 aromatic rings. The topological polar surface area (TPSA) is 33.6 Å². The van der Waals surface area contributed by atoms with Gasteiger partial charge in [0, 0.05) is 38.3 Å². The summed E-state index contributed by atoms with van der Waals surface area (Å²) < 4.78 is 4.78. The average Bonchev–Trinajstić information content (AvgIpc) is 3.74. The fraction of sp³-hybridized carbons (Fsp3) is 0.0652. The SMILES string of the molecule is CC1(C)c2ccc(C#N)cc2-c2cc3c(cc21)c1ccccc1n3-c1cccc(-c2cccc(-n3c4ccccc4c4ccccc43)c2)c1. The normalized spacial score (nSPS) is 13.2. The van der Waals surface area contributed by atoms with Crippen molar-refractivity contribution >= 4 is 43.6 Å². The molecule has 10 rings (SSSR count). The molecule has 230 valence electrons. The molecule has 0 bridgehead atoms. The number of benzene rings is 7. The molecule has 2 heterocycles. The quantitative estimate of drug-likeness (QED) is 0.192. The minimum Gasteiger partial charge on any atom is -0.309 e. The molecule has 0 amide bonds. The van der Waals surface area contributed by atoms with Crippen LogP contribution in [0.3, 0.4) is 0 Å². The van der Waals surface area contributed by atoms with E-state index in [2.05, 4.69) is 175 Å². The summed E-state index contributed by atoms with van der Waals surface area (Å²) in [5.74, 6) is 0. The van der Waals surface area contributed by atoms with E-state index in [0.29, 0.717) is 5.56 Å². The van der Waals surface area contributed by atoms with Crippen LogP contribution in [-0.2, 0) is 5.41 Å². The Morgan fingerprint density at radius 1 is 0.449 bits per heavy atom. The summed E-state index contributed by atoms with van der Waals surface area (Å²) in [5, 5.41) is 14.7. The number of para-hydroxylation sites is 3. The number of rotatable bonds is 3. The second-order valence-corrected chi connectivity index (χ2v) is 13.7. The van der Waals surface area contributed by atoms with Crippen LogP contribution in [0.2, 0.25) is 0 Å². The molecule has 2 aromatic heterocycles. The number of hydrogen-bond acceptors (Lipinski definition) is 1. The second kappa shape index (κ2) is 10.1. The van der Waals surface area contributed by atoms with Crippen LogP contribution < -0.4 is 0 Å². The predicted octanol–water partition coefficient (Wildman–Crippen LogP) is 11.7. The molecule has 0 radical (unpaired) electrons. The number of nitrogens with zero attached hydrogens (tertiary/aromatic N) is 3. The first kappa shape index (κ1) is 27.7. The van der Waals surface area contributed by atoms with E-state index >= 15 is 0 Å². The summed E-state index contributed by atoms with van der Waals surface area (Å²) in [4.78, 5) is 0. The summed E-state index contributed by atoms with van der Waals surface area (Å²) >= 11 is 0. The van der Waals surface area contributed by atoms with E-state index in [4.69, 9.17) is 0 Å². The van der Waals surface area contributed by atoms with E-state index in [1.54, 1.807) is 0 Å². The van der Waals surface area contributed by atoms with Crippen LogP contribution in [0.4, 0.5) is 0 Å². The van der Waals surface area contributed by atoms with Gasteiger partial charge in [-0.1, -0.05) is 98.8 Å². The fourth-order valence-corrected chi connectivity index (χ4v) is 8.41. The van der Waals surface area contributed by atoms with E-state index in [9.17, 15) is 5.26 Å². The molecule has 0 atom stereocenters. The Kier molecular flexibility index (Phi) is 5.69. The van der Waals surface area contributed by atoms with Crippen molar-refractivity contribution in [2.75, 3.05) is 0 Å². The molecule has 0 saturated carbocycles. The van der Waals surface area contributed by atoms with Crippen LogP contribution in [0.1, 0.15) is 30.5 Å². The van der Waals surface area contributed by atoms with Gasteiger partial charge in [-0.2, -0.15) is 5.26 Å². The van der Waals surface area contributed by atoms with Crippen molar-refractivity contribution < 1.29 is 0 Å². The highest BCUT2D eigenvalue weighted by atomic mass is 15.0. The summed E-state index contributed by atoms with van der Waals surface area (Å²) in [7, 11) is 0. The largest absolute Gasteiger partial charge is 0.309 e. The molecule has 0 unspecified atom stereocenters. The zero-order valence-electron chi connectivity index (χ0n) is 27.3. The molecular weight excluding hydrogens is 595 g/mol. The first-order chi connectivity index (χ1) is 24.0. The number of nitriles is 1. The molecule has 3 heteroatoms. The minimum absolute atomic E-state index is 0.155. The van der Waals surface area contributed by atoms with Gasteiger partial charge in [-0.05, 0) is 100 Å². The average molecular weight is 626 g/mol. The highest BCUT2D eigenvalue weighted by Crippen LogP contribution is 2.51. The first-order valence-electron chi connectivity index (χ1n) is 16.8. The van der Waals surface area contributed by atoms with E-state index in [1.165, 1.54) is 65.9 Å². The Morgan fingerprint density at radius 3 is 1.53 bits per heavy atom. The van der Waals surface area contributed by atoms with Crippen molar-refractivity contribution in [2.24, 2.45) is 0 Å². The highest BCUT2D eigenvalue weighted by molar-refractivity contribution is 6.12. The molecule has 1 aliphatic carbocycles. The first-order valence-corrected chi connectivity index (χ1v) is 16.8. The molecule has 0 N–H and O–H groups in total. The monoisotopic (exact) mass is 625 g/mol. The van der Waals surface area contributed by atoms with E-state index < -0.39 is 0 Å². The lowest BCUT2D eigenvalue weighted by Crippen LogP contribution is -2.14. The molecule has 7 aromatic carbocycles. The third-order valence-electron chi connectivity index (χ3n) is 10.7. The Labute approximate surface area is 284 Å². The minimum atomic E-state index is -0.155. The van der Waals surface area contributed by atoms with Crippen molar-refractivity contribution in [1.82, 2.24) is 9.13 Å². The molecule has 1 aliphatic rings. The molecule has 0 aliphatic heterocycles. The molecule has 0 spiro atoms. The predicted molar refractivity (Wildman–Crippen MR) is 203 cm³/mol. The zero-order chi connectivity index (χ0) is 32.9. The lowest BCUT2D eigenvalue weighted by molar-refractivity contribution is 0.661. The van der Waals surface area contributed by atoms with Crippen molar-refractivity contribution in [3.8, 4) is 39.7 Å². The third kappa shape index (κ3) is 3.89. The fourth-order valence-electron chi connectivity index (χ4n) is 8.41. The van der Waals surface area contributed by atoms with Gasteiger partial charge in [0.2, 0.25) is 0 Å². The Morgan fingerprint density at radius 2 is 0.959 bits per heavy atom. The van der Waals surface area contributed by atoms with Crippen molar-refractivity contribution in [3.63, 3.8) is 0 Å². The van der Waals surface area contributed by atoms with Crippen LogP contribution in [0.5, 0.6) is 0 Å². The van der Waals surface area contributed by atoms with Crippen LogP contribution in [0, 0.1) is 11.3 Å². The smallest absolute Gasteiger partial charge is 0.0991 e. The summed E-state index contributed by atoms with van der Waals surface area (Å²) in [5.41, 5.74) is 14.9. The van der Waals surface area contributed by atoms with Crippen LogP contribution in [0.15, 0.2) is 152 Å². The Balaban J connectivity index is 1.17. The lowest BCUT2D eigenvalue weighted by atomic mass is 9.82. The van der Waals surface area contributed by atoms with Crippen molar-refractivity contribution in [3.05, 3.63) is 168 Å². The highest BCUT2D eigenvalue weighted by Gasteiger charge is 2.36.